The Labute approximate surface area is 123 Å². The summed E-state index contributed by atoms with van der Waals surface area (Å²) in [5.74, 6) is 0.0325. The van der Waals surface area contributed by atoms with Crippen molar-refractivity contribution in [2.24, 2.45) is 0 Å². The maximum atomic E-state index is 12.1. The fraction of sp³-hybridized carbons (Fsp3) is 0.467. The lowest BCUT2D eigenvalue weighted by atomic mass is 10.2. The average molecular weight is 292 g/mol. The zero-order valence-corrected chi connectivity index (χ0v) is 12.5. The summed E-state index contributed by atoms with van der Waals surface area (Å²) in [4.78, 5) is 26.8. The molecule has 1 N–H and O–H groups in total. The van der Waals surface area contributed by atoms with Crippen molar-refractivity contribution in [2.75, 3.05) is 25.9 Å². The number of hydrogen-bond donors (Lipinski definition) is 1. The highest BCUT2D eigenvalue weighted by Crippen LogP contribution is 2.19. The fourth-order valence-electron chi connectivity index (χ4n) is 2.34. The van der Waals surface area contributed by atoms with Crippen LogP contribution in [0.25, 0.3) is 0 Å². The van der Waals surface area contributed by atoms with Crippen molar-refractivity contribution in [3.63, 3.8) is 0 Å². The van der Waals surface area contributed by atoms with Gasteiger partial charge in [0.2, 0.25) is 5.91 Å². The molecule has 1 fully saturated rings. The van der Waals surface area contributed by atoms with Gasteiger partial charge in [-0.05, 0) is 31.2 Å². The van der Waals surface area contributed by atoms with Crippen molar-refractivity contribution in [3.8, 4) is 0 Å². The number of benzene rings is 1. The summed E-state index contributed by atoms with van der Waals surface area (Å²) < 4.78 is 0. The summed E-state index contributed by atoms with van der Waals surface area (Å²) >= 11 is 1.55. The van der Waals surface area contributed by atoms with Crippen molar-refractivity contribution in [2.45, 2.75) is 24.2 Å². The summed E-state index contributed by atoms with van der Waals surface area (Å²) in [6, 6.07) is 7.50. The third-order valence-corrected chi connectivity index (χ3v) is 4.23. The Morgan fingerprint density at radius 3 is 2.65 bits per heavy atom. The van der Waals surface area contributed by atoms with Crippen LogP contribution in [0.15, 0.2) is 29.2 Å². The van der Waals surface area contributed by atoms with E-state index in [1.165, 1.54) is 0 Å². The maximum Gasteiger partial charge on any atom is 0.252 e. The Kier molecular flexibility index (Phi) is 5.47. The normalized spacial score (nSPS) is 14.3. The average Bonchev–Trinajstić information content (AvgIpc) is 3.01. The second-order valence-corrected chi connectivity index (χ2v) is 5.64. The summed E-state index contributed by atoms with van der Waals surface area (Å²) in [6.07, 6.45) is 4.52. The van der Waals surface area contributed by atoms with Crippen LogP contribution in [0.2, 0.25) is 0 Å². The molecular weight excluding hydrogens is 272 g/mol. The van der Waals surface area contributed by atoms with Crippen LogP contribution in [-0.4, -0.2) is 42.6 Å². The van der Waals surface area contributed by atoms with E-state index in [9.17, 15) is 9.59 Å². The van der Waals surface area contributed by atoms with Gasteiger partial charge in [0.05, 0.1) is 5.56 Å². The highest BCUT2D eigenvalue weighted by atomic mass is 32.2. The molecule has 0 aliphatic carbocycles. The smallest absolute Gasteiger partial charge is 0.252 e. The monoisotopic (exact) mass is 292 g/mol. The van der Waals surface area contributed by atoms with Crippen molar-refractivity contribution >= 4 is 23.6 Å². The standard InChI is InChI=1S/C15H20N2O2S/c1-20-13-7-3-2-6-12(13)15(19)16-9-8-14(18)17-10-4-5-11-17/h2-3,6-7H,4-5,8-11H2,1H3,(H,16,19). The number of nitrogens with one attached hydrogen (secondary N) is 1. The molecule has 2 amide bonds. The third-order valence-electron chi connectivity index (χ3n) is 3.43. The van der Waals surface area contributed by atoms with E-state index in [-0.39, 0.29) is 11.8 Å². The van der Waals surface area contributed by atoms with Crippen molar-refractivity contribution in [3.05, 3.63) is 29.8 Å². The van der Waals surface area contributed by atoms with E-state index in [0.717, 1.165) is 30.8 Å². The van der Waals surface area contributed by atoms with Gasteiger partial charge in [0.15, 0.2) is 0 Å². The number of nitrogens with zero attached hydrogens (tertiary/aromatic N) is 1. The van der Waals surface area contributed by atoms with Gasteiger partial charge in [0.1, 0.15) is 0 Å². The molecule has 0 bridgehead atoms. The van der Waals surface area contributed by atoms with E-state index in [1.807, 2.05) is 35.4 Å². The van der Waals surface area contributed by atoms with Gasteiger partial charge in [0.25, 0.3) is 5.91 Å². The summed E-state index contributed by atoms with van der Waals surface area (Å²) in [6.45, 7) is 2.13. The molecule has 0 atom stereocenters. The van der Waals surface area contributed by atoms with Gasteiger partial charge < -0.3 is 10.2 Å². The highest BCUT2D eigenvalue weighted by Gasteiger charge is 2.17. The maximum absolute atomic E-state index is 12.1. The highest BCUT2D eigenvalue weighted by molar-refractivity contribution is 7.98. The lowest BCUT2D eigenvalue weighted by Gasteiger charge is -2.15. The Morgan fingerprint density at radius 2 is 1.95 bits per heavy atom. The van der Waals surface area contributed by atoms with Gasteiger partial charge >= 0.3 is 0 Å². The largest absolute Gasteiger partial charge is 0.351 e. The number of carbonyl (C=O) groups excluding carboxylic acids is 2. The number of rotatable bonds is 5. The van der Waals surface area contributed by atoms with E-state index in [0.29, 0.717) is 18.5 Å². The molecule has 1 aromatic rings. The molecule has 5 heteroatoms. The molecule has 1 saturated heterocycles. The minimum absolute atomic E-state index is 0.107. The molecule has 0 radical (unpaired) electrons. The minimum atomic E-state index is -0.107. The zero-order chi connectivity index (χ0) is 14.4. The van der Waals surface area contributed by atoms with Crippen LogP contribution in [0.1, 0.15) is 29.6 Å². The van der Waals surface area contributed by atoms with E-state index in [4.69, 9.17) is 0 Å². The number of carbonyl (C=O) groups is 2. The van der Waals surface area contributed by atoms with Gasteiger partial charge in [-0.2, -0.15) is 0 Å². The molecule has 2 rings (SSSR count). The second-order valence-electron chi connectivity index (χ2n) is 4.79. The van der Waals surface area contributed by atoms with Gasteiger partial charge in [0, 0.05) is 31.0 Å². The number of likely N-dealkylation sites (tertiary alicyclic amines) is 1. The van der Waals surface area contributed by atoms with Crippen molar-refractivity contribution in [1.29, 1.82) is 0 Å². The van der Waals surface area contributed by atoms with E-state index < -0.39 is 0 Å². The van der Waals surface area contributed by atoms with Crippen LogP contribution in [0.4, 0.5) is 0 Å². The number of amides is 2. The van der Waals surface area contributed by atoms with Crippen LogP contribution < -0.4 is 5.32 Å². The third kappa shape index (κ3) is 3.76. The van der Waals surface area contributed by atoms with E-state index in [1.54, 1.807) is 11.8 Å². The molecule has 1 aromatic carbocycles. The molecule has 4 nitrogen and oxygen atoms in total. The molecular formula is C15H20N2O2S. The summed E-state index contributed by atoms with van der Waals surface area (Å²) in [7, 11) is 0. The fourth-order valence-corrected chi connectivity index (χ4v) is 2.93. The minimum Gasteiger partial charge on any atom is -0.351 e. The molecule has 0 unspecified atom stereocenters. The van der Waals surface area contributed by atoms with E-state index >= 15 is 0 Å². The van der Waals surface area contributed by atoms with Crippen molar-refractivity contribution < 1.29 is 9.59 Å². The molecule has 0 spiro atoms. The van der Waals surface area contributed by atoms with Crippen LogP contribution in [-0.2, 0) is 4.79 Å². The molecule has 108 valence electrons. The van der Waals surface area contributed by atoms with Crippen LogP contribution in [0.5, 0.6) is 0 Å². The first-order chi connectivity index (χ1) is 9.72. The second kappa shape index (κ2) is 7.33. The summed E-state index contributed by atoms with van der Waals surface area (Å²) in [5, 5.41) is 2.83. The lowest BCUT2D eigenvalue weighted by molar-refractivity contribution is -0.129. The topological polar surface area (TPSA) is 49.4 Å². The first-order valence-electron chi connectivity index (χ1n) is 6.91. The number of hydrogen-bond acceptors (Lipinski definition) is 3. The predicted octanol–water partition coefficient (Wildman–Crippen LogP) is 2.15. The lowest BCUT2D eigenvalue weighted by Crippen LogP contribution is -2.32. The molecule has 20 heavy (non-hydrogen) atoms. The predicted molar refractivity (Wildman–Crippen MR) is 81.0 cm³/mol. The SMILES string of the molecule is CSc1ccccc1C(=O)NCCC(=O)N1CCCC1. The quantitative estimate of drug-likeness (QED) is 0.846. The number of thioether (sulfide) groups is 1. The van der Waals surface area contributed by atoms with Crippen LogP contribution in [0.3, 0.4) is 0 Å². The molecule has 0 aromatic heterocycles. The first kappa shape index (κ1) is 14.9. The molecule has 0 saturated carbocycles. The molecule has 1 aliphatic heterocycles. The molecule has 1 heterocycles. The Hall–Kier alpha value is -1.49. The van der Waals surface area contributed by atoms with Gasteiger partial charge in [-0.15, -0.1) is 11.8 Å². The Balaban J connectivity index is 1.81. The van der Waals surface area contributed by atoms with Gasteiger partial charge in [-0.25, -0.2) is 0 Å². The zero-order valence-electron chi connectivity index (χ0n) is 11.7. The first-order valence-corrected chi connectivity index (χ1v) is 8.14. The Morgan fingerprint density at radius 1 is 1.25 bits per heavy atom. The van der Waals surface area contributed by atoms with Crippen molar-refractivity contribution in [1.82, 2.24) is 10.2 Å². The Bertz CT molecular complexity index is 485. The molecule has 1 aliphatic rings. The summed E-state index contributed by atoms with van der Waals surface area (Å²) in [5.41, 5.74) is 0.675. The van der Waals surface area contributed by atoms with Gasteiger partial charge in [-0.3, -0.25) is 9.59 Å². The van der Waals surface area contributed by atoms with Crippen LogP contribution in [0, 0.1) is 0 Å². The van der Waals surface area contributed by atoms with Gasteiger partial charge in [-0.1, -0.05) is 12.1 Å². The van der Waals surface area contributed by atoms with Crippen LogP contribution >= 0.6 is 11.8 Å². The van der Waals surface area contributed by atoms with E-state index in [2.05, 4.69) is 5.32 Å².